The van der Waals surface area contributed by atoms with Crippen molar-refractivity contribution in [2.75, 3.05) is 6.61 Å². The van der Waals surface area contributed by atoms with E-state index < -0.39 is 11.7 Å². The summed E-state index contributed by atoms with van der Waals surface area (Å²) in [6.07, 6.45) is 1.72. The van der Waals surface area contributed by atoms with Crippen LogP contribution in [0, 0.1) is 5.92 Å². The van der Waals surface area contributed by atoms with Crippen LogP contribution >= 0.6 is 0 Å². The van der Waals surface area contributed by atoms with Crippen LogP contribution in [0.4, 0.5) is 4.79 Å². The minimum absolute atomic E-state index is 0.0517. The molecular weight excluding hydrogens is 352 g/mol. The first-order chi connectivity index (χ1) is 12.8. The first kappa shape index (κ1) is 18.4. The zero-order chi connectivity index (χ0) is 19.8. The topological polar surface area (TPSA) is 115 Å². The third-order valence-corrected chi connectivity index (χ3v) is 4.51. The van der Waals surface area contributed by atoms with Crippen molar-refractivity contribution in [3.63, 3.8) is 0 Å². The molecule has 0 saturated heterocycles. The van der Waals surface area contributed by atoms with Gasteiger partial charge in [-0.05, 0) is 18.9 Å². The minimum Gasteiger partial charge on any atom is -0.449 e. The second kappa shape index (κ2) is 6.75. The Kier molecular flexibility index (Phi) is 4.61. The summed E-state index contributed by atoms with van der Waals surface area (Å²) in [4.78, 5) is 37.9. The van der Waals surface area contributed by atoms with Gasteiger partial charge in [0.1, 0.15) is 23.4 Å². The van der Waals surface area contributed by atoms with E-state index >= 15 is 0 Å². The number of carbonyl (C=O) groups excluding carboxylic acids is 1. The molecule has 0 spiro atoms. The third kappa shape index (κ3) is 3.23. The van der Waals surface area contributed by atoms with E-state index in [-0.39, 0.29) is 35.7 Å². The molecule has 0 radical (unpaired) electrons. The van der Waals surface area contributed by atoms with E-state index in [1.807, 2.05) is 13.8 Å². The van der Waals surface area contributed by atoms with Crippen LogP contribution in [0.3, 0.4) is 0 Å². The Bertz CT molecular complexity index is 962. The highest BCUT2D eigenvalue weighted by atomic mass is 16.7. The number of amidine groups is 1. The molecule has 0 fully saturated rings. The van der Waals surface area contributed by atoms with Crippen LogP contribution in [0.15, 0.2) is 36.0 Å². The molecular formula is C18H20N4O5. The fourth-order valence-electron chi connectivity index (χ4n) is 2.65. The van der Waals surface area contributed by atoms with E-state index in [4.69, 9.17) is 14.7 Å². The summed E-state index contributed by atoms with van der Waals surface area (Å²) in [5, 5.41) is 11.8. The molecule has 2 aromatic rings. The monoisotopic (exact) mass is 372 g/mol. The second-order valence-corrected chi connectivity index (χ2v) is 6.55. The number of amides is 1. The van der Waals surface area contributed by atoms with Gasteiger partial charge in [0.2, 0.25) is 0 Å². The van der Waals surface area contributed by atoms with Crippen LogP contribution in [0.5, 0.6) is 5.75 Å². The molecule has 3 heterocycles. The lowest BCUT2D eigenvalue weighted by Gasteiger charge is -2.21. The first-order valence-corrected chi connectivity index (χ1v) is 8.35. The lowest BCUT2D eigenvalue weighted by molar-refractivity contribution is -0.124. The van der Waals surface area contributed by atoms with Gasteiger partial charge >= 0.3 is 6.16 Å². The average molecular weight is 372 g/mol. The maximum absolute atomic E-state index is 12.4. The van der Waals surface area contributed by atoms with Crippen molar-refractivity contribution in [3.05, 3.63) is 36.7 Å². The average Bonchev–Trinajstić information content (AvgIpc) is 3.13. The van der Waals surface area contributed by atoms with Crippen LogP contribution in [-0.2, 0) is 4.79 Å². The summed E-state index contributed by atoms with van der Waals surface area (Å²) < 4.78 is 6.33. The summed E-state index contributed by atoms with van der Waals surface area (Å²) in [6, 6.07) is 3.18. The Balaban J connectivity index is 2.13. The number of hydrogen-bond acceptors (Lipinski definition) is 6. The number of pyridine rings is 1. The Morgan fingerprint density at radius 3 is 2.85 bits per heavy atom. The number of carboxylic acid groups (broad SMARTS) is 1. The van der Waals surface area contributed by atoms with Crippen molar-refractivity contribution in [2.24, 2.45) is 10.9 Å². The zero-order valence-electron chi connectivity index (χ0n) is 15.2. The predicted molar refractivity (Wildman–Crippen MR) is 98.0 cm³/mol. The Hall–Kier alpha value is -3.36. The van der Waals surface area contributed by atoms with Gasteiger partial charge in [-0.1, -0.05) is 26.5 Å². The fourth-order valence-corrected chi connectivity index (χ4v) is 2.65. The molecule has 9 heteroatoms. The van der Waals surface area contributed by atoms with Gasteiger partial charge in [0.25, 0.3) is 5.91 Å². The van der Waals surface area contributed by atoms with Gasteiger partial charge in [0.15, 0.2) is 11.6 Å². The number of fused-ring (bicyclic) bond motifs is 1. The molecule has 1 atom stereocenters. The van der Waals surface area contributed by atoms with E-state index in [0.29, 0.717) is 11.0 Å². The molecule has 1 unspecified atom stereocenters. The van der Waals surface area contributed by atoms with Gasteiger partial charge in [0.05, 0.1) is 5.52 Å². The smallest absolute Gasteiger partial charge is 0.449 e. The highest BCUT2D eigenvalue weighted by Gasteiger charge is 2.43. The number of rotatable bonds is 6. The van der Waals surface area contributed by atoms with E-state index in [9.17, 15) is 9.59 Å². The van der Waals surface area contributed by atoms with Gasteiger partial charge in [-0.2, -0.15) is 4.73 Å². The molecule has 9 nitrogen and oxygen atoms in total. The summed E-state index contributed by atoms with van der Waals surface area (Å²) in [5.41, 5.74) is 0.213. The van der Waals surface area contributed by atoms with E-state index in [0.717, 1.165) is 0 Å². The minimum atomic E-state index is -1.50. The van der Waals surface area contributed by atoms with Gasteiger partial charge in [0, 0.05) is 12.3 Å². The molecule has 142 valence electrons. The third-order valence-electron chi connectivity index (χ3n) is 4.51. The standard InChI is InChI=1S/C18H20N4O5/c1-5-8-26-22-7-6-11-12(22)9-13(27-17(24)25)14(19-11)15-20-16(23)18(4,21-15)10(2)3/h5-7,9-10H,1,8H2,2-4H3,(H,24,25)(H,20,21,23). The predicted octanol–water partition coefficient (Wildman–Crippen LogP) is 2.00. The Morgan fingerprint density at radius 2 is 2.26 bits per heavy atom. The summed E-state index contributed by atoms with van der Waals surface area (Å²) in [6.45, 7) is 9.33. The van der Waals surface area contributed by atoms with Gasteiger partial charge in [-0.3, -0.25) is 4.79 Å². The SMILES string of the molecule is C=CCOn1ccc2nc(C3=NC(C)(C(C)C)C(=O)N3)c(OC(=O)O)cc21. The van der Waals surface area contributed by atoms with Gasteiger partial charge in [-0.25, -0.2) is 14.8 Å². The van der Waals surface area contributed by atoms with Crippen molar-refractivity contribution in [1.29, 1.82) is 0 Å². The van der Waals surface area contributed by atoms with Crippen molar-refractivity contribution in [3.8, 4) is 5.75 Å². The highest BCUT2D eigenvalue weighted by molar-refractivity contribution is 6.16. The highest BCUT2D eigenvalue weighted by Crippen LogP contribution is 2.30. The number of ether oxygens (including phenoxy) is 1. The molecule has 1 amide bonds. The fraction of sp³-hybridized carbons (Fsp3) is 0.333. The maximum atomic E-state index is 12.4. The van der Waals surface area contributed by atoms with Crippen molar-refractivity contribution in [1.82, 2.24) is 15.0 Å². The molecule has 1 aliphatic rings. The molecule has 0 aromatic carbocycles. The summed E-state index contributed by atoms with van der Waals surface area (Å²) in [7, 11) is 0. The number of nitrogens with one attached hydrogen (secondary N) is 1. The lowest BCUT2D eigenvalue weighted by Crippen LogP contribution is -2.41. The quantitative estimate of drug-likeness (QED) is 0.592. The number of nitrogens with zero attached hydrogens (tertiary/aromatic N) is 3. The Morgan fingerprint density at radius 1 is 1.52 bits per heavy atom. The van der Waals surface area contributed by atoms with Crippen molar-refractivity contribution >= 4 is 28.9 Å². The molecule has 27 heavy (non-hydrogen) atoms. The number of hydrogen-bond donors (Lipinski definition) is 2. The second-order valence-electron chi connectivity index (χ2n) is 6.55. The maximum Gasteiger partial charge on any atom is 0.511 e. The van der Waals surface area contributed by atoms with E-state index in [1.165, 1.54) is 10.8 Å². The number of aromatic nitrogens is 2. The molecule has 0 saturated carbocycles. The molecule has 1 aliphatic heterocycles. The molecule has 2 aromatic heterocycles. The number of aliphatic imine (C=N–C) groups is 1. The largest absolute Gasteiger partial charge is 0.511 e. The normalized spacial score (nSPS) is 19.1. The molecule has 3 rings (SSSR count). The van der Waals surface area contributed by atoms with Crippen LogP contribution < -0.4 is 14.9 Å². The molecule has 2 N–H and O–H groups in total. The van der Waals surface area contributed by atoms with Crippen LogP contribution in [0.2, 0.25) is 0 Å². The van der Waals surface area contributed by atoms with E-state index in [1.54, 1.807) is 25.3 Å². The van der Waals surface area contributed by atoms with E-state index in [2.05, 4.69) is 21.9 Å². The summed E-state index contributed by atoms with van der Waals surface area (Å²) >= 11 is 0. The van der Waals surface area contributed by atoms with Crippen molar-refractivity contribution < 1.29 is 24.3 Å². The van der Waals surface area contributed by atoms with Crippen LogP contribution in [-0.4, -0.2) is 44.9 Å². The zero-order valence-corrected chi connectivity index (χ0v) is 15.2. The van der Waals surface area contributed by atoms with Crippen LogP contribution in [0.1, 0.15) is 26.5 Å². The Labute approximate surface area is 155 Å². The lowest BCUT2D eigenvalue weighted by atomic mass is 9.89. The number of carbonyl (C=O) groups is 2. The van der Waals surface area contributed by atoms with Crippen LogP contribution in [0.25, 0.3) is 11.0 Å². The summed E-state index contributed by atoms with van der Waals surface area (Å²) in [5.74, 6) is -0.211. The van der Waals surface area contributed by atoms with Crippen molar-refractivity contribution in [2.45, 2.75) is 26.3 Å². The molecule has 0 bridgehead atoms. The molecule has 0 aliphatic carbocycles. The first-order valence-electron chi connectivity index (χ1n) is 8.35. The van der Waals surface area contributed by atoms with Gasteiger partial charge < -0.3 is 20.0 Å². The van der Waals surface area contributed by atoms with Gasteiger partial charge in [-0.15, -0.1) is 0 Å².